The zero-order chi connectivity index (χ0) is 12.2. The van der Waals surface area contributed by atoms with Gasteiger partial charge in [0.25, 0.3) is 0 Å². The van der Waals surface area contributed by atoms with Gasteiger partial charge >= 0.3 is 0 Å². The molecule has 0 radical (unpaired) electrons. The summed E-state index contributed by atoms with van der Waals surface area (Å²) in [6.07, 6.45) is 4.09. The second kappa shape index (κ2) is 4.77. The second-order valence-electron chi connectivity index (χ2n) is 4.18. The molecule has 3 heteroatoms. The predicted octanol–water partition coefficient (Wildman–Crippen LogP) is 2.67. The van der Waals surface area contributed by atoms with Crippen molar-refractivity contribution in [1.29, 1.82) is 10.5 Å². The Hall–Kier alpha value is -1.87. The van der Waals surface area contributed by atoms with Crippen LogP contribution in [0.1, 0.15) is 32.6 Å². The standard InChI is InChI=1S/C13H14N2O/c1-3-7-13(2)11(10(8-14)9-15)5-4-6-12(13)16/h3H,1,4-7H2,2H3. The minimum absolute atomic E-state index is 0.0948. The third-order valence-corrected chi connectivity index (χ3v) is 3.19. The van der Waals surface area contributed by atoms with E-state index in [0.29, 0.717) is 24.8 Å². The summed E-state index contributed by atoms with van der Waals surface area (Å²) < 4.78 is 0. The van der Waals surface area contributed by atoms with Crippen LogP contribution in [0.5, 0.6) is 0 Å². The van der Waals surface area contributed by atoms with Crippen LogP contribution in [-0.4, -0.2) is 5.78 Å². The molecule has 1 fully saturated rings. The lowest BCUT2D eigenvalue weighted by Crippen LogP contribution is -2.33. The smallest absolute Gasteiger partial charge is 0.143 e. The summed E-state index contributed by atoms with van der Waals surface area (Å²) in [6, 6.07) is 3.78. The number of nitrogens with zero attached hydrogens (tertiary/aromatic N) is 2. The highest BCUT2D eigenvalue weighted by Gasteiger charge is 2.39. The average Bonchev–Trinajstić information content (AvgIpc) is 2.27. The summed E-state index contributed by atoms with van der Waals surface area (Å²) in [7, 11) is 0. The van der Waals surface area contributed by atoms with Crippen molar-refractivity contribution in [3.63, 3.8) is 0 Å². The van der Waals surface area contributed by atoms with Crippen LogP contribution in [0.15, 0.2) is 23.8 Å². The molecule has 0 amide bonds. The first kappa shape index (κ1) is 12.2. The monoisotopic (exact) mass is 214 g/mol. The summed E-state index contributed by atoms with van der Waals surface area (Å²) in [5, 5.41) is 17.8. The number of Topliss-reactive ketones (excluding diaryl/α,β-unsaturated/α-hetero) is 1. The molecule has 16 heavy (non-hydrogen) atoms. The number of carbonyl (C=O) groups is 1. The van der Waals surface area contributed by atoms with Crippen molar-refractivity contribution in [2.24, 2.45) is 5.41 Å². The number of nitriles is 2. The maximum absolute atomic E-state index is 12.0. The molecule has 0 spiro atoms. The second-order valence-corrected chi connectivity index (χ2v) is 4.18. The molecule has 0 aromatic heterocycles. The van der Waals surface area contributed by atoms with Gasteiger partial charge in [-0.15, -0.1) is 6.58 Å². The maximum Gasteiger partial charge on any atom is 0.143 e. The summed E-state index contributed by atoms with van der Waals surface area (Å²) in [5.41, 5.74) is 0.0897. The highest BCUT2D eigenvalue weighted by Crippen LogP contribution is 2.42. The van der Waals surface area contributed by atoms with Crippen LogP contribution in [-0.2, 0) is 4.79 Å². The molecular weight excluding hydrogens is 200 g/mol. The summed E-state index contributed by atoms with van der Waals surface area (Å²) in [6.45, 7) is 5.44. The molecule has 0 bridgehead atoms. The lowest BCUT2D eigenvalue weighted by molar-refractivity contribution is -0.127. The van der Waals surface area contributed by atoms with E-state index in [4.69, 9.17) is 10.5 Å². The molecule has 3 nitrogen and oxygen atoms in total. The molecule has 1 unspecified atom stereocenters. The first-order chi connectivity index (χ1) is 7.60. The van der Waals surface area contributed by atoms with Crippen LogP contribution >= 0.6 is 0 Å². The van der Waals surface area contributed by atoms with Crippen LogP contribution in [0.4, 0.5) is 0 Å². The quantitative estimate of drug-likeness (QED) is 0.524. The summed E-state index contributed by atoms with van der Waals surface area (Å²) >= 11 is 0. The third kappa shape index (κ3) is 1.90. The zero-order valence-corrected chi connectivity index (χ0v) is 9.42. The van der Waals surface area contributed by atoms with Crippen molar-refractivity contribution >= 4 is 5.78 Å². The normalized spacial score (nSPS) is 24.4. The van der Waals surface area contributed by atoms with Crippen LogP contribution < -0.4 is 0 Å². The van der Waals surface area contributed by atoms with Crippen LogP contribution in [0.3, 0.4) is 0 Å². The fourth-order valence-corrected chi connectivity index (χ4v) is 2.23. The van der Waals surface area contributed by atoms with Crippen LogP contribution in [0, 0.1) is 28.1 Å². The number of allylic oxidation sites excluding steroid dienone is 3. The average molecular weight is 214 g/mol. The van der Waals surface area contributed by atoms with Gasteiger partial charge in [-0.25, -0.2) is 0 Å². The predicted molar refractivity (Wildman–Crippen MR) is 60.0 cm³/mol. The number of carbonyl (C=O) groups excluding carboxylic acids is 1. The number of rotatable bonds is 2. The van der Waals surface area contributed by atoms with E-state index in [2.05, 4.69) is 6.58 Å². The molecule has 82 valence electrons. The molecular formula is C13H14N2O. The lowest BCUT2D eigenvalue weighted by Gasteiger charge is -2.34. The van der Waals surface area contributed by atoms with Gasteiger partial charge in [-0.1, -0.05) is 6.08 Å². The Morgan fingerprint density at radius 1 is 1.50 bits per heavy atom. The lowest BCUT2D eigenvalue weighted by atomic mass is 9.67. The fourth-order valence-electron chi connectivity index (χ4n) is 2.23. The minimum atomic E-state index is -0.694. The minimum Gasteiger partial charge on any atom is -0.299 e. The maximum atomic E-state index is 12.0. The van der Waals surface area contributed by atoms with E-state index in [1.807, 2.05) is 12.1 Å². The van der Waals surface area contributed by atoms with Crippen LogP contribution in [0.25, 0.3) is 0 Å². The fraction of sp³-hybridized carbons (Fsp3) is 0.462. The van der Waals surface area contributed by atoms with E-state index in [0.717, 1.165) is 6.42 Å². The molecule has 1 aliphatic carbocycles. The Labute approximate surface area is 95.7 Å². The molecule has 0 heterocycles. The van der Waals surface area contributed by atoms with Gasteiger partial charge in [0, 0.05) is 6.42 Å². The van der Waals surface area contributed by atoms with Gasteiger partial charge in [0.2, 0.25) is 0 Å². The van der Waals surface area contributed by atoms with Gasteiger partial charge in [0.15, 0.2) is 0 Å². The Kier molecular flexibility index (Phi) is 3.64. The van der Waals surface area contributed by atoms with Gasteiger partial charge in [-0.3, -0.25) is 4.79 Å². The Bertz CT molecular complexity index is 418. The van der Waals surface area contributed by atoms with Crippen molar-refractivity contribution in [2.45, 2.75) is 32.6 Å². The zero-order valence-electron chi connectivity index (χ0n) is 9.42. The van der Waals surface area contributed by atoms with E-state index in [9.17, 15) is 4.79 Å². The van der Waals surface area contributed by atoms with Crippen molar-refractivity contribution in [2.75, 3.05) is 0 Å². The van der Waals surface area contributed by atoms with Crippen molar-refractivity contribution in [3.05, 3.63) is 23.8 Å². The van der Waals surface area contributed by atoms with Crippen LogP contribution in [0.2, 0.25) is 0 Å². The molecule has 0 aromatic rings. The Morgan fingerprint density at radius 2 is 2.12 bits per heavy atom. The van der Waals surface area contributed by atoms with Gasteiger partial charge in [-0.05, 0) is 31.8 Å². The number of hydrogen-bond donors (Lipinski definition) is 0. The van der Waals surface area contributed by atoms with E-state index in [1.54, 1.807) is 13.0 Å². The van der Waals surface area contributed by atoms with E-state index in [-0.39, 0.29) is 11.4 Å². The molecule has 0 aliphatic heterocycles. The molecule has 0 N–H and O–H groups in total. The number of hydrogen-bond acceptors (Lipinski definition) is 3. The topological polar surface area (TPSA) is 64.7 Å². The first-order valence-corrected chi connectivity index (χ1v) is 5.28. The molecule has 0 saturated heterocycles. The third-order valence-electron chi connectivity index (χ3n) is 3.19. The van der Waals surface area contributed by atoms with Crippen molar-refractivity contribution in [3.8, 4) is 12.1 Å². The Balaban J connectivity index is 3.32. The number of ketones is 1. The highest BCUT2D eigenvalue weighted by molar-refractivity contribution is 5.89. The van der Waals surface area contributed by atoms with E-state index >= 15 is 0 Å². The van der Waals surface area contributed by atoms with Crippen molar-refractivity contribution < 1.29 is 4.79 Å². The molecule has 1 atom stereocenters. The summed E-state index contributed by atoms with van der Waals surface area (Å²) in [4.78, 5) is 12.0. The summed E-state index contributed by atoms with van der Waals surface area (Å²) in [5.74, 6) is 0.108. The largest absolute Gasteiger partial charge is 0.299 e. The Morgan fingerprint density at radius 3 is 2.62 bits per heavy atom. The SMILES string of the molecule is C=CCC1(C)C(=O)CCCC1=C(C#N)C#N. The molecule has 1 aliphatic rings. The first-order valence-electron chi connectivity index (χ1n) is 5.28. The van der Waals surface area contributed by atoms with E-state index < -0.39 is 5.41 Å². The van der Waals surface area contributed by atoms with Gasteiger partial charge in [0.05, 0.1) is 5.41 Å². The molecule has 1 rings (SSSR count). The van der Waals surface area contributed by atoms with E-state index in [1.165, 1.54) is 0 Å². The molecule has 1 saturated carbocycles. The van der Waals surface area contributed by atoms with Gasteiger partial charge < -0.3 is 0 Å². The van der Waals surface area contributed by atoms with Gasteiger partial charge in [0.1, 0.15) is 23.5 Å². The molecule has 0 aromatic carbocycles. The van der Waals surface area contributed by atoms with Crippen molar-refractivity contribution in [1.82, 2.24) is 0 Å². The highest BCUT2D eigenvalue weighted by atomic mass is 16.1. The van der Waals surface area contributed by atoms with Gasteiger partial charge in [-0.2, -0.15) is 10.5 Å².